The van der Waals surface area contributed by atoms with E-state index in [0.29, 0.717) is 25.3 Å². The summed E-state index contributed by atoms with van der Waals surface area (Å²) in [7, 11) is 1.17. The van der Waals surface area contributed by atoms with Gasteiger partial charge >= 0.3 is 29.0 Å². The van der Waals surface area contributed by atoms with Gasteiger partial charge in [-0.25, -0.2) is 37.7 Å². The predicted octanol–water partition coefficient (Wildman–Crippen LogP) is 0.851. The van der Waals surface area contributed by atoms with Crippen LogP contribution in [-0.2, 0) is 29.1 Å². The predicted molar refractivity (Wildman–Crippen MR) is 158 cm³/mol. The number of methoxy groups -OCH3 is 1. The minimum Gasteiger partial charge on any atom is -0.507 e. The lowest BCUT2D eigenvalue weighted by Gasteiger charge is -2.17. The lowest BCUT2D eigenvalue weighted by Crippen LogP contribution is -2.56. The smallest absolute Gasteiger partial charge is 0.342 e. The van der Waals surface area contributed by atoms with Gasteiger partial charge in [0.05, 0.1) is 32.8 Å². The number of nitrogens with zero attached hydrogens (tertiary/aromatic N) is 3. The molecule has 4 N–H and O–H groups in total. The third-order valence-corrected chi connectivity index (χ3v) is 7.07. The summed E-state index contributed by atoms with van der Waals surface area (Å²) >= 11 is 0. The average Bonchev–Trinajstić information content (AvgIpc) is 3.00. The Balaban J connectivity index is 1.65. The molecule has 0 bridgehead atoms. The molecule has 44 heavy (non-hydrogen) atoms. The van der Waals surface area contributed by atoms with E-state index < -0.39 is 60.1 Å². The van der Waals surface area contributed by atoms with Gasteiger partial charge in [-0.1, -0.05) is 25.1 Å². The molecule has 232 valence electrons. The SMILES string of the molecule is C=CCn1c(=O)n(CC(O)CC)c(=O)n(CC(O)COC(=O)c2c(O)ccc3cc4c(C(=O)OC)c(O)ccc4cc23)c1=O. The van der Waals surface area contributed by atoms with Crippen LogP contribution in [0.3, 0.4) is 0 Å². The van der Waals surface area contributed by atoms with Crippen molar-refractivity contribution in [3.63, 3.8) is 0 Å². The molecule has 0 radical (unpaired) electrons. The van der Waals surface area contributed by atoms with Crippen molar-refractivity contribution in [1.82, 2.24) is 13.7 Å². The summed E-state index contributed by atoms with van der Waals surface area (Å²) in [5.74, 6) is -2.55. The van der Waals surface area contributed by atoms with Gasteiger partial charge in [0, 0.05) is 10.8 Å². The Kier molecular flexibility index (Phi) is 9.35. The van der Waals surface area contributed by atoms with E-state index in [-0.39, 0.29) is 41.8 Å². The number of aliphatic hydroxyl groups excluding tert-OH is 2. The summed E-state index contributed by atoms with van der Waals surface area (Å²) < 4.78 is 12.0. The van der Waals surface area contributed by atoms with Crippen LogP contribution in [-0.4, -0.2) is 72.0 Å². The molecule has 14 nitrogen and oxygen atoms in total. The van der Waals surface area contributed by atoms with Crippen molar-refractivity contribution in [2.75, 3.05) is 13.7 Å². The van der Waals surface area contributed by atoms with E-state index in [1.807, 2.05) is 0 Å². The molecule has 1 aromatic heterocycles. The maximum atomic E-state index is 13.1. The molecule has 4 rings (SSSR count). The van der Waals surface area contributed by atoms with Gasteiger partial charge in [-0.05, 0) is 41.5 Å². The highest BCUT2D eigenvalue weighted by molar-refractivity contribution is 6.15. The second kappa shape index (κ2) is 13.0. The fourth-order valence-electron chi connectivity index (χ4n) is 4.78. The number of hydrogen-bond donors (Lipinski definition) is 4. The molecule has 0 spiro atoms. The number of fused-ring (bicyclic) bond motifs is 2. The van der Waals surface area contributed by atoms with Gasteiger partial charge in [0.15, 0.2) is 0 Å². The Morgan fingerprint density at radius 3 is 1.77 bits per heavy atom. The normalized spacial score (nSPS) is 12.6. The molecule has 0 saturated carbocycles. The van der Waals surface area contributed by atoms with Gasteiger partial charge in [0.2, 0.25) is 0 Å². The van der Waals surface area contributed by atoms with Crippen LogP contribution < -0.4 is 17.1 Å². The first-order valence-electron chi connectivity index (χ1n) is 13.5. The number of aliphatic hydroxyl groups is 2. The molecule has 1 heterocycles. The molecule has 0 aliphatic heterocycles. The highest BCUT2D eigenvalue weighted by atomic mass is 16.5. The Morgan fingerprint density at radius 1 is 0.818 bits per heavy atom. The maximum Gasteiger partial charge on any atom is 0.342 e. The van der Waals surface area contributed by atoms with Crippen LogP contribution in [0.5, 0.6) is 11.5 Å². The first-order valence-corrected chi connectivity index (χ1v) is 13.5. The summed E-state index contributed by atoms with van der Waals surface area (Å²) in [4.78, 5) is 64.1. The van der Waals surface area contributed by atoms with E-state index in [2.05, 4.69) is 6.58 Å². The minimum absolute atomic E-state index is 0.0786. The van der Waals surface area contributed by atoms with Crippen molar-refractivity contribution in [3.05, 3.63) is 91.6 Å². The standard InChI is InChI=1S/C30H31N3O11/c1-4-10-31-28(40)32(13-18(34)5-2)30(42)33(29(31)41)14-19(35)15-44-27(39)25-21-12-16-6-8-22(36)24(26(38)43-3)20(16)11-17(21)7-9-23(25)37/h4,6-9,11-12,18-19,34-37H,1,5,10,13-15H2,2-3H3. The third-order valence-electron chi connectivity index (χ3n) is 7.07. The third kappa shape index (κ3) is 5.98. The van der Waals surface area contributed by atoms with Crippen LogP contribution in [0.2, 0.25) is 0 Å². The highest BCUT2D eigenvalue weighted by Crippen LogP contribution is 2.35. The monoisotopic (exact) mass is 609 g/mol. The van der Waals surface area contributed by atoms with Crippen molar-refractivity contribution in [3.8, 4) is 11.5 Å². The lowest BCUT2D eigenvalue weighted by molar-refractivity contribution is 0.0206. The number of esters is 2. The molecule has 14 heteroatoms. The van der Waals surface area contributed by atoms with E-state index >= 15 is 0 Å². The molecule has 4 aromatic rings. The fraction of sp³-hybridized carbons (Fsp3) is 0.300. The molecular weight excluding hydrogens is 578 g/mol. The summed E-state index contributed by atoms with van der Waals surface area (Å²) in [6.45, 7) is 3.17. The Labute approximate surface area is 248 Å². The zero-order valence-electron chi connectivity index (χ0n) is 23.9. The molecule has 2 atom stereocenters. The Morgan fingerprint density at radius 2 is 1.30 bits per heavy atom. The van der Waals surface area contributed by atoms with Gasteiger partial charge in [0.1, 0.15) is 35.3 Å². The number of aromatic nitrogens is 3. The van der Waals surface area contributed by atoms with E-state index in [9.17, 15) is 44.4 Å². The van der Waals surface area contributed by atoms with E-state index in [1.165, 1.54) is 49.6 Å². The van der Waals surface area contributed by atoms with E-state index in [4.69, 9.17) is 9.47 Å². The molecular formula is C30H31N3O11. The molecule has 3 aromatic carbocycles. The van der Waals surface area contributed by atoms with Crippen LogP contribution >= 0.6 is 0 Å². The number of hydrogen-bond acceptors (Lipinski definition) is 11. The van der Waals surface area contributed by atoms with Crippen LogP contribution in [0.25, 0.3) is 21.5 Å². The minimum atomic E-state index is -1.59. The second-order valence-electron chi connectivity index (χ2n) is 9.99. The van der Waals surface area contributed by atoms with Crippen molar-refractivity contribution in [2.45, 2.75) is 45.2 Å². The molecule has 0 saturated heterocycles. The number of benzene rings is 3. The van der Waals surface area contributed by atoms with Crippen LogP contribution in [0.4, 0.5) is 0 Å². The fourth-order valence-corrected chi connectivity index (χ4v) is 4.78. The molecule has 0 fully saturated rings. The van der Waals surface area contributed by atoms with Gasteiger partial charge < -0.3 is 29.9 Å². The summed E-state index contributed by atoms with van der Waals surface area (Å²) in [6.07, 6.45) is -1.13. The number of carbonyl (C=O) groups is 2. The molecule has 0 aliphatic carbocycles. The number of ether oxygens (including phenoxy) is 2. The lowest BCUT2D eigenvalue weighted by atomic mass is 9.96. The van der Waals surface area contributed by atoms with Gasteiger partial charge in [-0.15, -0.1) is 6.58 Å². The van der Waals surface area contributed by atoms with Crippen LogP contribution in [0.1, 0.15) is 34.1 Å². The summed E-state index contributed by atoms with van der Waals surface area (Å²) in [5.41, 5.74) is -3.36. The first-order chi connectivity index (χ1) is 20.9. The number of aromatic hydroxyl groups is 2. The maximum absolute atomic E-state index is 13.1. The number of phenols is 2. The van der Waals surface area contributed by atoms with Crippen molar-refractivity contribution < 1.29 is 39.5 Å². The number of rotatable bonds is 11. The van der Waals surface area contributed by atoms with Crippen molar-refractivity contribution in [1.29, 1.82) is 0 Å². The molecule has 2 unspecified atom stereocenters. The second-order valence-corrected chi connectivity index (χ2v) is 9.99. The Bertz CT molecular complexity index is 1960. The van der Waals surface area contributed by atoms with E-state index in [0.717, 1.165) is 4.57 Å². The number of carbonyl (C=O) groups excluding carboxylic acids is 2. The van der Waals surface area contributed by atoms with Crippen molar-refractivity contribution >= 4 is 33.5 Å². The number of phenolic OH excluding ortho intramolecular Hbond substituents is 2. The zero-order valence-corrected chi connectivity index (χ0v) is 23.9. The molecule has 0 aliphatic rings. The topological polar surface area (TPSA) is 200 Å². The quantitative estimate of drug-likeness (QED) is 0.107. The van der Waals surface area contributed by atoms with Crippen molar-refractivity contribution in [2.24, 2.45) is 0 Å². The first kappa shape index (κ1) is 31.7. The van der Waals surface area contributed by atoms with Gasteiger partial charge in [-0.3, -0.25) is 0 Å². The van der Waals surface area contributed by atoms with Crippen LogP contribution in [0.15, 0.2) is 63.4 Å². The largest absolute Gasteiger partial charge is 0.507 e. The zero-order chi connectivity index (χ0) is 32.3. The van der Waals surface area contributed by atoms with Gasteiger partial charge in [-0.2, -0.15) is 0 Å². The Hall–Kier alpha value is -5.21. The summed E-state index contributed by atoms with van der Waals surface area (Å²) in [5, 5.41) is 42.9. The van der Waals surface area contributed by atoms with E-state index in [1.54, 1.807) is 6.92 Å². The highest BCUT2D eigenvalue weighted by Gasteiger charge is 2.23. The average molecular weight is 610 g/mol. The molecule has 0 amide bonds. The number of allylic oxidation sites excluding steroid dienone is 1. The van der Waals surface area contributed by atoms with Crippen LogP contribution in [0, 0.1) is 0 Å². The summed E-state index contributed by atoms with van der Waals surface area (Å²) in [6, 6.07) is 8.57. The van der Waals surface area contributed by atoms with Gasteiger partial charge in [0.25, 0.3) is 0 Å².